The molecule has 1 N–H and O–H groups in total. The lowest BCUT2D eigenvalue weighted by Gasteiger charge is -2.19. The number of aromatic hydroxyl groups is 1. The minimum atomic E-state index is 0.152. The topological polar surface area (TPSA) is 54.8 Å². The highest BCUT2D eigenvalue weighted by Crippen LogP contribution is 2.43. The molecule has 0 radical (unpaired) electrons. The molecular weight excluding hydrogens is 376 g/mol. The van der Waals surface area contributed by atoms with Crippen LogP contribution in [0.5, 0.6) is 17.2 Å². The molecule has 0 atom stereocenters. The van der Waals surface area contributed by atoms with Gasteiger partial charge in [0.1, 0.15) is 11.6 Å². The Labute approximate surface area is 168 Å². The monoisotopic (exact) mass is 394 g/mol. The summed E-state index contributed by atoms with van der Waals surface area (Å²) in [6, 6.07) is 14.9. The van der Waals surface area contributed by atoms with Crippen molar-refractivity contribution in [3.8, 4) is 39.6 Å². The Morgan fingerprint density at radius 2 is 1.82 bits per heavy atom. The fraction of sp³-hybridized carbons (Fsp3) is 0.227. The van der Waals surface area contributed by atoms with E-state index in [1.807, 2.05) is 24.3 Å². The third-order valence-corrected chi connectivity index (χ3v) is 5.42. The van der Waals surface area contributed by atoms with Gasteiger partial charge < -0.3 is 19.5 Å². The van der Waals surface area contributed by atoms with E-state index in [4.69, 9.17) is 26.1 Å². The number of hydrogen-bond acceptors (Lipinski definition) is 5. The maximum Gasteiger partial charge on any atom is 0.231 e. The molecule has 1 fully saturated rings. The molecule has 0 bridgehead atoms. The molecule has 0 aliphatic carbocycles. The van der Waals surface area contributed by atoms with E-state index >= 15 is 0 Å². The number of para-hydroxylation sites is 1. The Morgan fingerprint density at radius 1 is 0.964 bits per heavy atom. The summed E-state index contributed by atoms with van der Waals surface area (Å²) in [4.78, 5) is 7.11. The summed E-state index contributed by atoms with van der Waals surface area (Å²) in [7, 11) is 0. The smallest absolute Gasteiger partial charge is 0.231 e. The lowest BCUT2D eigenvalue weighted by Crippen LogP contribution is -2.19. The molecule has 142 valence electrons. The highest BCUT2D eigenvalue weighted by molar-refractivity contribution is 6.31. The van der Waals surface area contributed by atoms with Gasteiger partial charge in [0.05, 0.1) is 5.69 Å². The van der Waals surface area contributed by atoms with Gasteiger partial charge in [-0.2, -0.15) is 0 Å². The van der Waals surface area contributed by atoms with Crippen molar-refractivity contribution in [2.45, 2.75) is 12.8 Å². The number of anilines is 1. The number of hydrogen-bond donors (Lipinski definition) is 1. The van der Waals surface area contributed by atoms with Crippen LogP contribution in [0.4, 0.5) is 5.82 Å². The largest absolute Gasteiger partial charge is 0.507 e. The molecule has 0 amide bonds. The van der Waals surface area contributed by atoms with E-state index in [1.165, 1.54) is 0 Å². The van der Waals surface area contributed by atoms with Crippen LogP contribution in [0.25, 0.3) is 22.4 Å². The number of ether oxygens (including phenoxy) is 2. The molecule has 0 unspecified atom stereocenters. The average molecular weight is 395 g/mol. The van der Waals surface area contributed by atoms with Crippen LogP contribution in [0.1, 0.15) is 12.8 Å². The van der Waals surface area contributed by atoms with Crippen molar-refractivity contribution in [1.29, 1.82) is 0 Å². The predicted molar refractivity (Wildman–Crippen MR) is 109 cm³/mol. The third kappa shape index (κ3) is 3.02. The second-order valence-electron chi connectivity index (χ2n) is 6.99. The van der Waals surface area contributed by atoms with Crippen LogP contribution in [0.3, 0.4) is 0 Å². The number of phenolic OH excluding ortho intramolecular Hbond substituents is 1. The summed E-state index contributed by atoms with van der Waals surface area (Å²) in [5, 5.41) is 11.0. The van der Waals surface area contributed by atoms with Gasteiger partial charge >= 0.3 is 0 Å². The first-order valence-corrected chi connectivity index (χ1v) is 9.72. The number of nitrogens with zero attached hydrogens (tertiary/aromatic N) is 2. The molecular formula is C22H19ClN2O3. The van der Waals surface area contributed by atoms with Crippen LogP contribution in [0, 0.1) is 0 Å². The maximum atomic E-state index is 10.4. The normalized spacial score (nSPS) is 15.2. The Morgan fingerprint density at radius 3 is 2.68 bits per heavy atom. The molecule has 2 aromatic carbocycles. The minimum absolute atomic E-state index is 0.152. The fourth-order valence-electron chi connectivity index (χ4n) is 3.79. The van der Waals surface area contributed by atoms with E-state index in [1.54, 1.807) is 18.2 Å². The Hall–Kier alpha value is -2.92. The fourth-order valence-corrected chi connectivity index (χ4v) is 3.96. The number of halogens is 1. The molecule has 1 aromatic heterocycles. The van der Waals surface area contributed by atoms with Crippen LogP contribution >= 0.6 is 11.6 Å². The summed E-state index contributed by atoms with van der Waals surface area (Å²) in [5.41, 5.74) is 3.20. The van der Waals surface area contributed by atoms with Gasteiger partial charge in [0.15, 0.2) is 11.5 Å². The molecule has 0 saturated carbocycles. The highest BCUT2D eigenvalue weighted by atomic mass is 35.5. The number of aromatic nitrogens is 1. The summed E-state index contributed by atoms with van der Waals surface area (Å²) in [5.74, 6) is 2.52. The molecule has 3 heterocycles. The molecule has 0 spiro atoms. The van der Waals surface area contributed by atoms with E-state index in [-0.39, 0.29) is 12.5 Å². The van der Waals surface area contributed by atoms with E-state index in [9.17, 15) is 5.11 Å². The van der Waals surface area contributed by atoms with Gasteiger partial charge in [-0.3, -0.25) is 0 Å². The quantitative estimate of drug-likeness (QED) is 0.669. The summed E-state index contributed by atoms with van der Waals surface area (Å²) in [6.07, 6.45) is 2.31. The number of benzene rings is 2. The van der Waals surface area contributed by atoms with Crippen LogP contribution in [0.15, 0.2) is 48.5 Å². The van der Waals surface area contributed by atoms with Gasteiger partial charge in [-0.05, 0) is 54.8 Å². The lowest BCUT2D eigenvalue weighted by atomic mass is 10.0. The molecule has 2 aliphatic heterocycles. The van der Waals surface area contributed by atoms with Gasteiger partial charge in [0, 0.05) is 29.2 Å². The average Bonchev–Trinajstić information content (AvgIpc) is 3.41. The van der Waals surface area contributed by atoms with Crippen molar-refractivity contribution in [2.75, 3.05) is 24.8 Å². The minimum Gasteiger partial charge on any atom is -0.507 e. The molecule has 3 aromatic rings. The van der Waals surface area contributed by atoms with Gasteiger partial charge in [-0.25, -0.2) is 4.98 Å². The maximum absolute atomic E-state index is 10.4. The van der Waals surface area contributed by atoms with Crippen molar-refractivity contribution in [2.24, 2.45) is 0 Å². The molecule has 6 heteroatoms. The molecule has 5 nitrogen and oxygen atoms in total. The molecule has 5 rings (SSSR count). The summed E-state index contributed by atoms with van der Waals surface area (Å²) < 4.78 is 11.2. The van der Waals surface area contributed by atoms with Crippen molar-refractivity contribution in [3.63, 3.8) is 0 Å². The predicted octanol–water partition coefficient (Wildman–Crippen LogP) is 5.10. The summed E-state index contributed by atoms with van der Waals surface area (Å²) in [6.45, 7) is 2.17. The molecule has 28 heavy (non-hydrogen) atoms. The van der Waals surface area contributed by atoms with Crippen molar-refractivity contribution < 1.29 is 14.6 Å². The number of pyridine rings is 1. The zero-order chi connectivity index (χ0) is 19.1. The van der Waals surface area contributed by atoms with Gasteiger partial charge in [0.25, 0.3) is 0 Å². The van der Waals surface area contributed by atoms with Crippen molar-refractivity contribution >= 4 is 17.4 Å². The van der Waals surface area contributed by atoms with Crippen LogP contribution in [0.2, 0.25) is 5.02 Å². The van der Waals surface area contributed by atoms with Crippen LogP contribution in [-0.2, 0) is 0 Å². The van der Waals surface area contributed by atoms with Gasteiger partial charge in [0.2, 0.25) is 6.79 Å². The summed E-state index contributed by atoms with van der Waals surface area (Å²) >= 11 is 6.18. The lowest BCUT2D eigenvalue weighted by molar-refractivity contribution is 0.174. The highest BCUT2D eigenvalue weighted by Gasteiger charge is 2.22. The van der Waals surface area contributed by atoms with Gasteiger partial charge in [-0.1, -0.05) is 23.7 Å². The first-order valence-electron chi connectivity index (χ1n) is 9.34. The zero-order valence-corrected chi connectivity index (χ0v) is 15.9. The van der Waals surface area contributed by atoms with E-state index in [0.717, 1.165) is 54.4 Å². The van der Waals surface area contributed by atoms with E-state index in [2.05, 4.69) is 11.0 Å². The van der Waals surface area contributed by atoms with Gasteiger partial charge in [-0.15, -0.1) is 0 Å². The third-order valence-electron chi connectivity index (χ3n) is 5.18. The first-order chi connectivity index (χ1) is 13.7. The van der Waals surface area contributed by atoms with E-state index < -0.39 is 0 Å². The number of rotatable bonds is 3. The SMILES string of the molecule is Oc1ccc(Cl)cc1-c1cc(-c2cccc3c2OCO3)cc(N2CCCC2)n1. The molecule has 1 saturated heterocycles. The van der Waals surface area contributed by atoms with E-state index in [0.29, 0.717) is 16.3 Å². The standard InChI is InChI=1S/C22H19ClN2O3/c23-15-6-7-19(26)17(12-15)18-10-14(11-21(24-18)25-8-1-2-9-25)16-4-3-5-20-22(16)28-13-27-20/h3-7,10-12,26H,1-2,8-9,13H2. The first kappa shape index (κ1) is 17.2. The van der Waals surface area contributed by atoms with Crippen LogP contribution < -0.4 is 14.4 Å². The Bertz CT molecular complexity index is 1050. The van der Waals surface area contributed by atoms with Crippen LogP contribution in [-0.4, -0.2) is 30.0 Å². The Balaban J connectivity index is 1.70. The number of fused-ring (bicyclic) bond motifs is 1. The van der Waals surface area contributed by atoms with Crippen molar-refractivity contribution in [3.05, 3.63) is 53.6 Å². The zero-order valence-electron chi connectivity index (χ0n) is 15.2. The second kappa shape index (κ2) is 6.91. The Kier molecular flexibility index (Phi) is 4.24. The molecule has 2 aliphatic rings. The number of phenols is 1. The second-order valence-corrected chi connectivity index (χ2v) is 7.43. The van der Waals surface area contributed by atoms with Crippen molar-refractivity contribution in [1.82, 2.24) is 4.98 Å².